The Hall–Kier alpha value is -1.75. The van der Waals surface area contributed by atoms with Gasteiger partial charge in [0, 0.05) is 18.2 Å². The predicted octanol–water partition coefficient (Wildman–Crippen LogP) is 1.39. The number of hydrogen-bond acceptors (Lipinski definition) is 4. The Kier molecular flexibility index (Phi) is 3.78. The molecular weight excluding hydrogens is 256 g/mol. The zero-order valence-electron chi connectivity index (χ0n) is 11.6. The molecule has 2 N–H and O–H groups in total. The molecule has 0 aliphatic carbocycles. The third-order valence-electron chi connectivity index (χ3n) is 3.88. The molecule has 3 rings (SSSR count). The summed E-state index contributed by atoms with van der Waals surface area (Å²) in [7, 11) is 1.92. The van der Waals surface area contributed by atoms with Gasteiger partial charge < -0.3 is 20.1 Å². The normalized spacial score (nSPS) is 25.4. The van der Waals surface area contributed by atoms with Crippen molar-refractivity contribution in [3.63, 3.8) is 0 Å². The van der Waals surface area contributed by atoms with Crippen molar-refractivity contribution in [2.45, 2.75) is 31.4 Å². The number of amides is 1. The van der Waals surface area contributed by atoms with E-state index in [4.69, 9.17) is 9.47 Å². The Bertz CT molecular complexity index is 504. The van der Waals surface area contributed by atoms with Crippen molar-refractivity contribution < 1.29 is 14.3 Å². The first-order valence-corrected chi connectivity index (χ1v) is 7.16. The maximum absolute atomic E-state index is 11.9. The zero-order valence-corrected chi connectivity index (χ0v) is 11.6. The van der Waals surface area contributed by atoms with Gasteiger partial charge in [0.15, 0.2) is 6.10 Å². The van der Waals surface area contributed by atoms with Crippen LogP contribution in [0.25, 0.3) is 0 Å². The number of ether oxygens (including phenoxy) is 2. The van der Waals surface area contributed by atoms with Gasteiger partial charge in [-0.15, -0.1) is 0 Å². The van der Waals surface area contributed by atoms with Crippen molar-refractivity contribution in [1.29, 1.82) is 0 Å². The highest BCUT2D eigenvalue weighted by Gasteiger charge is 2.25. The SMILES string of the molecule is CNC1COc2cc(OC3CCCCNC3=O)ccc21. The van der Waals surface area contributed by atoms with Gasteiger partial charge in [0.25, 0.3) is 5.91 Å². The van der Waals surface area contributed by atoms with E-state index in [-0.39, 0.29) is 11.9 Å². The molecule has 0 spiro atoms. The van der Waals surface area contributed by atoms with E-state index in [1.807, 2.05) is 25.2 Å². The summed E-state index contributed by atoms with van der Waals surface area (Å²) in [5.41, 5.74) is 1.14. The molecule has 2 heterocycles. The fourth-order valence-corrected chi connectivity index (χ4v) is 2.69. The van der Waals surface area contributed by atoms with Crippen molar-refractivity contribution in [2.75, 3.05) is 20.2 Å². The number of benzene rings is 1. The van der Waals surface area contributed by atoms with Gasteiger partial charge in [-0.05, 0) is 38.4 Å². The summed E-state index contributed by atoms with van der Waals surface area (Å²) in [6, 6.07) is 6.04. The average molecular weight is 276 g/mol. The van der Waals surface area contributed by atoms with E-state index in [1.54, 1.807) is 0 Å². The van der Waals surface area contributed by atoms with Crippen molar-refractivity contribution in [3.8, 4) is 11.5 Å². The van der Waals surface area contributed by atoms with Gasteiger partial charge in [-0.1, -0.05) is 0 Å². The van der Waals surface area contributed by atoms with Gasteiger partial charge in [0.05, 0.1) is 6.04 Å². The minimum absolute atomic E-state index is 0.0166. The molecule has 1 fully saturated rings. The zero-order chi connectivity index (χ0) is 13.9. The predicted molar refractivity (Wildman–Crippen MR) is 75.0 cm³/mol. The van der Waals surface area contributed by atoms with Crippen molar-refractivity contribution in [2.24, 2.45) is 0 Å². The van der Waals surface area contributed by atoms with Crippen LogP contribution in [-0.4, -0.2) is 32.2 Å². The summed E-state index contributed by atoms with van der Waals surface area (Å²) in [6.45, 7) is 1.38. The van der Waals surface area contributed by atoms with Gasteiger partial charge in [-0.2, -0.15) is 0 Å². The molecule has 2 aliphatic rings. The van der Waals surface area contributed by atoms with Crippen LogP contribution in [0.15, 0.2) is 18.2 Å². The lowest BCUT2D eigenvalue weighted by molar-refractivity contribution is -0.127. The topological polar surface area (TPSA) is 59.6 Å². The molecule has 2 atom stereocenters. The molecule has 2 aliphatic heterocycles. The Morgan fingerprint density at radius 1 is 1.40 bits per heavy atom. The third kappa shape index (κ3) is 2.58. The maximum atomic E-state index is 11.9. The highest BCUT2D eigenvalue weighted by atomic mass is 16.5. The molecule has 0 bridgehead atoms. The number of carbonyl (C=O) groups is 1. The Morgan fingerprint density at radius 2 is 2.30 bits per heavy atom. The first kappa shape index (κ1) is 13.2. The summed E-state index contributed by atoms with van der Waals surface area (Å²) in [4.78, 5) is 11.9. The van der Waals surface area contributed by atoms with Crippen LogP contribution < -0.4 is 20.1 Å². The van der Waals surface area contributed by atoms with E-state index in [9.17, 15) is 4.79 Å². The molecule has 1 aromatic rings. The number of carbonyl (C=O) groups excluding carboxylic acids is 1. The first-order valence-electron chi connectivity index (χ1n) is 7.16. The minimum Gasteiger partial charge on any atom is -0.491 e. The summed E-state index contributed by atoms with van der Waals surface area (Å²) < 4.78 is 11.5. The van der Waals surface area contributed by atoms with Crippen LogP contribution in [0.2, 0.25) is 0 Å². The Labute approximate surface area is 118 Å². The van der Waals surface area contributed by atoms with Gasteiger partial charge in [0.2, 0.25) is 0 Å². The van der Waals surface area contributed by atoms with Crippen LogP contribution in [0.4, 0.5) is 0 Å². The third-order valence-corrected chi connectivity index (χ3v) is 3.88. The molecule has 1 aromatic carbocycles. The van der Waals surface area contributed by atoms with E-state index in [2.05, 4.69) is 10.6 Å². The van der Waals surface area contributed by atoms with E-state index in [0.29, 0.717) is 12.4 Å². The highest BCUT2D eigenvalue weighted by molar-refractivity contribution is 5.81. The molecule has 0 radical (unpaired) electrons. The summed E-state index contributed by atoms with van der Waals surface area (Å²) in [5.74, 6) is 1.52. The van der Waals surface area contributed by atoms with Gasteiger partial charge in [-0.25, -0.2) is 0 Å². The quantitative estimate of drug-likeness (QED) is 0.876. The van der Waals surface area contributed by atoms with E-state index < -0.39 is 6.10 Å². The number of rotatable bonds is 3. The average Bonchev–Trinajstić information content (AvgIpc) is 2.76. The van der Waals surface area contributed by atoms with Crippen molar-refractivity contribution in [3.05, 3.63) is 23.8 Å². The standard InChI is InChI=1S/C15H20N2O3/c1-16-12-9-19-14-8-10(5-6-11(12)14)20-13-4-2-3-7-17-15(13)18/h5-6,8,12-13,16H,2-4,7,9H2,1H3,(H,17,18). The summed E-state index contributed by atoms with van der Waals surface area (Å²) in [6.07, 6.45) is 2.40. The molecule has 5 nitrogen and oxygen atoms in total. The molecular formula is C15H20N2O3. The minimum atomic E-state index is -0.392. The Morgan fingerprint density at radius 3 is 3.15 bits per heavy atom. The van der Waals surface area contributed by atoms with Crippen molar-refractivity contribution >= 4 is 5.91 Å². The fourth-order valence-electron chi connectivity index (χ4n) is 2.69. The lowest BCUT2D eigenvalue weighted by atomic mass is 10.1. The fraction of sp³-hybridized carbons (Fsp3) is 0.533. The van der Waals surface area contributed by atoms with Crippen LogP contribution >= 0.6 is 0 Å². The largest absolute Gasteiger partial charge is 0.491 e. The lowest BCUT2D eigenvalue weighted by Crippen LogP contribution is -2.36. The van der Waals surface area contributed by atoms with E-state index in [1.165, 1.54) is 0 Å². The molecule has 1 saturated heterocycles. The smallest absolute Gasteiger partial charge is 0.261 e. The van der Waals surface area contributed by atoms with Crippen LogP contribution in [0.3, 0.4) is 0 Å². The van der Waals surface area contributed by atoms with Gasteiger partial charge in [0.1, 0.15) is 18.1 Å². The first-order chi connectivity index (χ1) is 9.78. The second-order valence-electron chi connectivity index (χ2n) is 5.25. The van der Waals surface area contributed by atoms with Gasteiger partial charge >= 0.3 is 0 Å². The molecule has 1 amide bonds. The summed E-state index contributed by atoms with van der Waals surface area (Å²) in [5, 5.41) is 6.08. The highest BCUT2D eigenvalue weighted by Crippen LogP contribution is 2.35. The molecule has 0 aromatic heterocycles. The summed E-state index contributed by atoms with van der Waals surface area (Å²) >= 11 is 0. The van der Waals surface area contributed by atoms with E-state index in [0.717, 1.165) is 37.1 Å². The lowest BCUT2D eigenvalue weighted by Gasteiger charge is -2.16. The monoisotopic (exact) mass is 276 g/mol. The number of nitrogens with one attached hydrogen (secondary N) is 2. The van der Waals surface area contributed by atoms with Gasteiger partial charge in [-0.3, -0.25) is 4.79 Å². The van der Waals surface area contributed by atoms with Crippen LogP contribution in [-0.2, 0) is 4.79 Å². The Balaban J connectivity index is 1.73. The van der Waals surface area contributed by atoms with Crippen LogP contribution in [0.1, 0.15) is 30.9 Å². The molecule has 108 valence electrons. The number of hydrogen-bond donors (Lipinski definition) is 2. The van der Waals surface area contributed by atoms with Crippen LogP contribution in [0.5, 0.6) is 11.5 Å². The van der Waals surface area contributed by atoms with Crippen LogP contribution in [0, 0.1) is 0 Å². The second kappa shape index (κ2) is 5.71. The van der Waals surface area contributed by atoms with E-state index >= 15 is 0 Å². The maximum Gasteiger partial charge on any atom is 0.261 e. The number of fused-ring (bicyclic) bond motifs is 1. The molecule has 2 unspecified atom stereocenters. The molecule has 5 heteroatoms. The number of likely N-dealkylation sites (N-methyl/N-ethyl adjacent to an activating group) is 1. The molecule has 0 saturated carbocycles. The molecule has 20 heavy (non-hydrogen) atoms. The van der Waals surface area contributed by atoms with Crippen molar-refractivity contribution in [1.82, 2.24) is 10.6 Å². The second-order valence-corrected chi connectivity index (χ2v) is 5.25.